The van der Waals surface area contributed by atoms with Crippen molar-refractivity contribution in [2.45, 2.75) is 19.0 Å². The van der Waals surface area contributed by atoms with Crippen molar-refractivity contribution in [1.29, 1.82) is 0 Å². The highest BCUT2D eigenvalue weighted by atomic mass is 15.2. The number of nitrogens with zero attached hydrogens (tertiary/aromatic N) is 3. The van der Waals surface area contributed by atoms with Crippen molar-refractivity contribution in [3.8, 4) is 0 Å². The van der Waals surface area contributed by atoms with Crippen molar-refractivity contribution >= 4 is 16.9 Å². The minimum atomic E-state index is 0.429. The van der Waals surface area contributed by atoms with Gasteiger partial charge >= 0.3 is 0 Å². The third-order valence-electron chi connectivity index (χ3n) is 4.20. The minimum Gasteiger partial charge on any atom is -0.361 e. The van der Waals surface area contributed by atoms with Crippen LogP contribution in [0.2, 0.25) is 0 Å². The fourth-order valence-corrected chi connectivity index (χ4v) is 3.11. The Bertz CT molecular complexity index is 752. The van der Waals surface area contributed by atoms with Crippen molar-refractivity contribution in [3.63, 3.8) is 0 Å². The van der Waals surface area contributed by atoms with Crippen LogP contribution in [0, 0.1) is 0 Å². The fourth-order valence-electron chi connectivity index (χ4n) is 3.11. The zero-order valence-electron chi connectivity index (χ0n) is 12.4. The predicted molar refractivity (Wildman–Crippen MR) is 87.6 cm³/mol. The van der Waals surface area contributed by atoms with Crippen LogP contribution in [0.25, 0.3) is 10.9 Å². The van der Waals surface area contributed by atoms with Gasteiger partial charge in [-0.15, -0.1) is 0 Å². The number of likely N-dealkylation sites (tertiary alicyclic amines) is 1. The normalized spacial score (nSPS) is 18.8. The molecule has 112 valence electrons. The standard InChI is InChI=1S/C17H19N5/c1-6-19-17(20-7-1)21-15-5-9-22(12-15)11-13-2-3-16-14(10-13)4-8-18-16/h1-4,6-8,10,15,18H,5,9,11-12H2,(H,19,20,21). The summed E-state index contributed by atoms with van der Waals surface area (Å²) >= 11 is 0. The van der Waals surface area contributed by atoms with Gasteiger partial charge < -0.3 is 10.3 Å². The van der Waals surface area contributed by atoms with E-state index in [0.717, 1.165) is 32.0 Å². The molecule has 5 nitrogen and oxygen atoms in total. The summed E-state index contributed by atoms with van der Waals surface area (Å²) in [5.74, 6) is 0.725. The second-order valence-corrected chi connectivity index (χ2v) is 5.84. The Morgan fingerprint density at radius 3 is 3.05 bits per heavy atom. The second kappa shape index (κ2) is 5.77. The zero-order valence-corrected chi connectivity index (χ0v) is 12.4. The van der Waals surface area contributed by atoms with Crippen LogP contribution in [0.4, 0.5) is 5.95 Å². The Labute approximate surface area is 129 Å². The van der Waals surface area contributed by atoms with Gasteiger partial charge in [0.25, 0.3) is 0 Å². The molecule has 2 aromatic heterocycles. The number of H-pyrrole nitrogens is 1. The van der Waals surface area contributed by atoms with Gasteiger partial charge in [0.05, 0.1) is 0 Å². The molecule has 0 radical (unpaired) electrons. The van der Waals surface area contributed by atoms with Crippen LogP contribution in [0.5, 0.6) is 0 Å². The topological polar surface area (TPSA) is 56.8 Å². The largest absolute Gasteiger partial charge is 0.361 e. The highest BCUT2D eigenvalue weighted by molar-refractivity contribution is 5.79. The summed E-state index contributed by atoms with van der Waals surface area (Å²) in [4.78, 5) is 14.2. The van der Waals surface area contributed by atoms with Gasteiger partial charge in [-0.2, -0.15) is 0 Å². The van der Waals surface area contributed by atoms with E-state index in [0.29, 0.717) is 6.04 Å². The number of rotatable bonds is 4. The smallest absolute Gasteiger partial charge is 0.222 e. The van der Waals surface area contributed by atoms with Gasteiger partial charge in [-0.1, -0.05) is 6.07 Å². The number of aromatic nitrogens is 3. The summed E-state index contributed by atoms with van der Waals surface area (Å²) in [6, 6.07) is 11.0. The molecule has 3 heterocycles. The molecule has 3 aromatic rings. The van der Waals surface area contributed by atoms with Crippen molar-refractivity contribution in [3.05, 3.63) is 54.5 Å². The molecule has 0 spiro atoms. The minimum absolute atomic E-state index is 0.429. The average molecular weight is 293 g/mol. The van der Waals surface area contributed by atoms with Crippen LogP contribution >= 0.6 is 0 Å². The molecule has 0 aliphatic carbocycles. The lowest BCUT2D eigenvalue weighted by atomic mass is 10.1. The van der Waals surface area contributed by atoms with E-state index >= 15 is 0 Å². The molecular formula is C17H19N5. The molecule has 2 N–H and O–H groups in total. The molecule has 1 unspecified atom stereocenters. The number of hydrogen-bond acceptors (Lipinski definition) is 4. The Morgan fingerprint density at radius 2 is 2.14 bits per heavy atom. The zero-order chi connectivity index (χ0) is 14.8. The van der Waals surface area contributed by atoms with Crippen molar-refractivity contribution in [2.24, 2.45) is 0 Å². The Balaban J connectivity index is 1.38. The van der Waals surface area contributed by atoms with Crippen LogP contribution in [0.15, 0.2) is 48.9 Å². The van der Waals surface area contributed by atoms with Gasteiger partial charge in [-0.25, -0.2) is 9.97 Å². The molecular weight excluding hydrogens is 274 g/mol. The Hall–Kier alpha value is -2.40. The molecule has 4 rings (SSSR count). The fraction of sp³-hybridized carbons (Fsp3) is 0.294. The molecule has 0 amide bonds. The highest BCUT2D eigenvalue weighted by Gasteiger charge is 2.22. The van der Waals surface area contributed by atoms with Crippen molar-refractivity contribution in [1.82, 2.24) is 19.9 Å². The summed E-state index contributed by atoms with van der Waals surface area (Å²) in [6.07, 6.45) is 6.66. The van der Waals surface area contributed by atoms with Gasteiger partial charge in [0.2, 0.25) is 5.95 Å². The van der Waals surface area contributed by atoms with E-state index in [1.54, 1.807) is 12.4 Å². The van der Waals surface area contributed by atoms with Gasteiger partial charge in [0, 0.05) is 49.8 Å². The first kappa shape index (κ1) is 13.3. The maximum absolute atomic E-state index is 4.24. The van der Waals surface area contributed by atoms with E-state index in [2.05, 4.69) is 49.4 Å². The number of anilines is 1. The average Bonchev–Trinajstić information content (AvgIpc) is 3.17. The SMILES string of the molecule is c1cnc(NC2CCN(Cc3ccc4[nH]ccc4c3)C2)nc1. The van der Waals surface area contributed by atoms with E-state index in [-0.39, 0.29) is 0 Å². The lowest BCUT2D eigenvalue weighted by Gasteiger charge is -2.16. The van der Waals surface area contributed by atoms with Crippen LogP contribution in [0.3, 0.4) is 0 Å². The molecule has 0 bridgehead atoms. The number of nitrogens with one attached hydrogen (secondary N) is 2. The maximum Gasteiger partial charge on any atom is 0.222 e. The molecule has 1 aliphatic rings. The number of aromatic amines is 1. The van der Waals surface area contributed by atoms with E-state index in [1.807, 2.05) is 12.3 Å². The van der Waals surface area contributed by atoms with E-state index < -0.39 is 0 Å². The second-order valence-electron chi connectivity index (χ2n) is 5.84. The van der Waals surface area contributed by atoms with Gasteiger partial charge in [-0.05, 0) is 41.6 Å². The quantitative estimate of drug-likeness (QED) is 0.776. The number of fused-ring (bicyclic) bond motifs is 1. The first-order valence-electron chi connectivity index (χ1n) is 7.69. The predicted octanol–water partition coefficient (Wildman–Crippen LogP) is 2.64. The third-order valence-corrected chi connectivity index (χ3v) is 4.20. The maximum atomic E-state index is 4.24. The summed E-state index contributed by atoms with van der Waals surface area (Å²) in [5, 5.41) is 4.69. The first-order chi connectivity index (χ1) is 10.9. The Kier molecular flexibility index (Phi) is 3.48. The molecule has 0 saturated carbocycles. The summed E-state index contributed by atoms with van der Waals surface area (Å²) in [6.45, 7) is 3.13. The molecule has 22 heavy (non-hydrogen) atoms. The highest BCUT2D eigenvalue weighted by Crippen LogP contribution is 2.19. The first-order valence-corrected chi connectivity index (χ1v) is 7.69. The molecule has 1 fully saturated rings. The molecule has 1 aliphatic heterocycles. The lowest BCUT2D eigenvalue weighted by molar-refractivity contribution is 0.328. The van der Waals surface area contributed by atoms with E-state index in [1.165, 1.54) is 16.5 Å². The number of benzene rings is 1. The van der Waals surface area contributed by atoms with Crippen molar-refractivity contribution in [2.75, 3.05) is 18.4 Å². The monoisotopic (exact) mass is 293 g/mol. The third kappa shape index (κ3) is 2.80. The van der Waals surface area contributed by atoms with Crippen LogP contribution < -0.4 is 5.32 Å². The summed E-state index contributed by atoms with van der Waals surface area (Å²) in [7, 11) is 0. The molecule has 5 heteroatoms. The summed E-state index contributed by atoms with van der Waals surface area (Å²) < 4.78 is 0. The lowest BCUT2D eigenvalue weighted by Crippen LogP contribution is -2.26. The molecule has 1 saturated heterocycles. The van der Waals surface area contributed by atoms with E-state index in [9.17, 15) is 0 Å². The Morgan fingerprint density at radius 1 is 1.23 bits per heavy atom. The number of hydrogen-bond donors (Lipinski definition) is 2. The van der Waals surface area contributed by atoms with E-state index in [4.69, 9.17) is 0 Å². The summed E-state index contributed by atoms with van der Waals surface area (Å²) in [5.41, 5.74) is 2.56. The van der Waals surface area contributed by atoms with Crippen LogP contribution in [0.1, 0.15) is 12.0 Å². The van der Waals surface area contributed by atoms with Crippen LogP contribution in [-0.4, -0.2) is 39.0 Å². The van der Waals surface area contributed by atoms with Crippen molar-refractivity contribution < 1.29 is 0 Å². The van der Waals surface area contributed by atoms with Gasteiger partial charge in [-0.3, -0.25) is 4.90 Å². The molecule has 1 aromatic carbocycles. The van der Waals surface area contributed by atoms with Gasteiger partial charge in [0.1, 0.15) is 0 Å². The molecule has 1 atom stereocenters. The van der Waals surface area contributed by atoms with Gasteiger partial charge in [0.15, 0.2) is 0 Å². The van der Waals surface area contributed by atoms with Crippen LogP contribution in [-0.2, 0) is 6.54 Å².